The predicted octanol–water partition coefficient (Wildman–Crippen LogP) is 1.75. The summed E-state index contributed by atoms with van der Waals surface area (Å²) in [4.78, 5) is 23.6. The second-order valence-electron chi connectivity index (χ2n) is 6.23. The molecule has 2 aromatic carbocycles. The zero-order chi connectivity index (χ0) is 19.3. The van der Waals surface area contributed by atoms with Crippen LogP contribution >= 0.6 is 0 Å². The highest BCUT2D eigenvalue weighted by atomic mass is 32.2. The molecule has 0 saturated heterocycles. The number of ether oxygens (including phenoxy) is 1. The number of carbonyl (C=O) groups excluding carboxylic acids is 2. The van der Waals surface area contributed by atoms with Gasteiger partial charge in [-0.25, -0.2) is 8.42 Å². The lowest BCUT2D eigenvalue weighted by molar-refractivity contribution is -0.118. The van der Waals surface area contributed by atoms with Crippen molar-refractivity contribution in [3.05, 3.63) is 59.7 Å². The number of fused-ring (bicyclic) bond motifs is 1. The van der Waals surface area contributed by atoms with Crippen molar-refractivity contribution in [3.63, 3.8) is 0 Å². The van der Waals surface area contributed by atoms with E-state index in [0.29, 0.717) is 23.4 Å². The Morgan fingerprint density at radius 3 is 2.70 bits per heavy atom. The largest absolute Gasteiger partial charge is 0.482 e. The molecule has 27 heavy (non-hydrogen) atoms. The van der Waals surface area contributed by atoms with E-state index in [1.54, 1.807) is 36.4 Å². The van der Waals surface area contributed by atoms with Gasteiger partial charge in [-0.15, -0.1) is 0 Å². The Morgan fingerprint density at radius 2 is 1.93 bits per heavy atom. The maximum Gasteiger partial charge on any atom is 0.262 e. The van der Waals surface area contributed by atoms with Gasteiger partial charge in [0.25, 0.3) is 11.8 Å². The van der Waals surface area contributed by atoms with Crippen LogP contribution in [0.5, 0.6) is 5.75 Å². The molecule has 2 aromatic rings. The van der Waals surface area contributed by atoms with Crippen LogP contribution in [0.1, 0.15) is 22.3 Å². The van der Waals surface area contributed by atoms with Crippen LogP contribution in [-0.4, -0.2) is 39.1 Å². The number of anilines is 1. The molecule has 0 spiro atoms. The molecule has 1 heterocycles. The van der Waals surface area contributed by atoms with Crippen molar-refractivity contribution in [1.29, 1.82) is 0 Å². The number of hydrogen-bond acceptors (Lipinski definition) is 5. The van der Waals surface area contributed by atoms with Crippen LogP contribution in [-0.2, 0) is 20.4 Å². The summed E-state index contributed by atoms with van der Waals surface area (Å²) in [5.74, 6) is -0.109. The van der Waals surface area contributed by atoms with E-state index in [0.717, 1.165) is 5.56 Å². The van der Waals surface area contributed by atoms with Crippen molar-refractivity contribution < 1.29 is 22.7 Å². The van der Waals surface area contributed by atoms with Gasteiger partial charge in [0.1, 0.15) is 5.75 Å². The number of amides is 2. The molecule has 0 bridgehead atoms. The molecule has 0 saturated carbocycles. The molecule has 0 fully saturated rings. The number of hydrogen-bond donors (Lipinski definition) is 2. The Kier molecular flexibility index (Phi) is 5.75. The third-order valence-corrected chi connectivity index (χ3v) is 5.71. The zero-order valence-electron chi connectivity index (χ0n) is 14.6. The van der Waals surface area contributed by atoms with Crippen molar-refractivity contribution in [2.24, 2.45) is 0 Å². The highest BCUT2D eigenvalue weighted by Crippen LogP contribution is 2.28. The van der Waals surface area contributed by atoms with Gasteiger partial charge in [0.15, 0.2) is 16.4 Å². The molecule has 0 aromatic heterocycles. The summed E-state index contributed by atoms with van der Waals surface area (Å²) >= 11 is 0. The van der Waals surface area contributed by atoms with Crippen molar-refractivity contribution >= 4 is 27.3 Å². The first-order valence-electron chi connectivity index (χ1n) is 8.52. The zero-order valence-corrected chi connectivity index (χ0v) is 15.4. The van der Waals surface area contributed by atoms with Crippen LogP contribution in [0.4, 0.5) is 5.69 Å². The summed E-state index contributed by atoms with van der Waals surface area (Å²) in [6, 6.07) is 13.7. The quantitative estimate of drug-likeness (QED) is 0.704. The second-order valence-corrected chi connectivity index (χ2v) is 8.42. The van der Waals surface area contributed by atoms with Crippen molar-refractivity contribution in [3.8, 4) is 5.75 Å². The Labute approximate surface area is 157 Å². The van der Waals surface area contributed by atoms with Crippen LogP contribution in [0.25, 0.3) is 0 Å². The predicted molar refractivity (Wildman–Crippen MR) is 101 cm³/mol. The van der Waals surface area contributed by atoms with Gasteiger partial charge >= 0.3 is 0 Å². The molecule has 2 amide bonds. The number of carbonyl (C=O) groups is 2. The monoisotopic (exact) mass is 388 g/mol. The average molecular weight is 388 g/mol. The maximum atomic E-state index is 12.2. The minimum Gasteiger partial charge on any atom is -0.482 e. The van der Waals surface area contributed by atoms with Gasteiger partial charge in [0.2, 0.25) is 0 Å². The van der Waals surface area contributed by atoms with E-state index in [4.69, 9.17) is 4.74 Å². The van der Waals surface area contributed by atoms with Gasteiger partial charge in [-0.3, -0.25) is 9.59 Å². The first kappa shape index (κ1) is 18.9. The standard InChI is InChI=1S/C19H20N2O5S/c22-18-12-26-17-8-7-15(11-16(17)21-18)19(23)20-9-4-10-27(24,25)13-14-5-2-1-3-6-14/h1-3,5-8,11H,4,9-10,12-13H2,(H,20,23)(H,21,22). The van der Waals surface area contributed by atoms with Crippen LogP contribution < -0.4 is 15.4 Å². The Balaban J connectivity index is 1.48. The third kappa shape index (κ3) is 5.30. The first-order valence-corrected chi connectivity index (χ1v) is 10.3. The summed E-state index contributed by atoms with van der Waals surface area (Å²) in [7, 11) is -3.23. The molecule has 0 radical (unpaired) electrons. The summed E-state index contributed by atoms with van der Waals surface area (Å²) in [5.41, 5.74) is 1.57. The van der Waals surface area contributed by atoms with Crippen molar-refractivity contribution in [1.82, 2.24) is 5.32 Å². The molecule has 1 aliphatic rings. The summed E-state index contributed by atoms with van der Waals surface area (Å²) in [5, 5.41) is 5.34. The lowest BCUT2D eigenvalue weighted by atomic mass is 10.1. The fraction of sp³-hybridized carbons (Fsp3) is 0.263. The second kappa shape index (κ2) is 8.22. The fourth-order valence-electron chi connectivity index (χ4n) is 2.72. The molecule has 8 heteroatoms. The highest BCUT2D eigenvalue weighted by molar-refractivity contribution is 7.90. The van der Waals surface area contributed by atoms with E-state index < -0.39 is 9.84 Å². The van der Waals surface area contributed by atoms with Crippen molar-refractivity contribution in [2.75, 3.05) is 24.2 Å². The molecule has 3 rings (SSSR count). The molecule has 0 unspecified atom stereocenters. The van der Waals surface area contributed by atoms with E-state index in [1.165, 1.54) is 6.07 Å². The third-order valence-electron chi connectivity index (χ3n) is 4.02. The lowest BCUT2D eigenvalue weighted by Crippen LogP contribution is -2.28. The average Bonchev–Trinajstić information content (AvgIpc) is 2.65. The fourth-order valence-corrected chi connectivity index (χ4v) is 4.15. The van der Waals surface area contributed by atoms with Crippen molar-refractivity contribution in [2.45, 2.75) is 12.2 Å². The molecule has 7 nitrogen and oxygen atoms in total. The van der Waals surface area contributed by atoms with E-state index in [2.05, 4.69) is 10.6 Å². The Hall–Kier alpha value is -2.87. The summed E-state index contributed by atoms with van der Waals surface area (Å²) in [6.45, 7) is 0.197. The maximum absolute atomic E-state index is 12.2. The van der Waals surface area contributed by atoms with Gasteiger partial charge in [0, 0.05) is 12.1 Å². The van der Waals surface area contributed by atoms with Gasteiger partial charge in [-0.05, 0) is 30.2 Å². The molecular weight excluding hydrogens is 368 g/mol. The number of sulfone groups is 1. The van der Waals surface area contributed by atoms with Crippen LogP contribution in [0.2, 0.25) is 0 Å². The van der Waals surface area contributed by atoms with Gasteiger partial charge in [-0.2, -0.15) is 0 Å². The minimum atomic E-state index is -3.23. The minimum absolute atomic E-state index is 0.00371. The van der Waals surface area contributed by atoms with Gasteiger partial charge in [-0.1, -0.05) is 30.3 Å². The topological polar surface area (TPSA) is 102 Å². The highest BCUT2D eigenvalue weighted by Gasteiger charge is 2.18. The molecule has 0 aliphatic carbocycles. The molecule has 142 valence electrons. The lowest BCUT2D eigenvalue weighted by Gasteiger charge is -2.18. The molecular formula is C19H20N2O5S. The van der Waals surface area contributed by atoms with Crippen LogP contribution in [0.3, 0.4) is 0 Å². The van der Waals surface area contributed by atoms with E-state index in [-0.39, 0.29) is 36.5 Å². The number of nitrogens with one attached hydrogen (secondary N) is 2. The van der Waals surface area contributed by atoms with E-state index in [9.17, 15) is 18.0 Å². The molecule has 2 N–H and O–H groups in total. The van der Waals surface area contributed by atoms with E-state index in [1.807, 2.05) is 6.07 Å². The smallest absolute Gasteiger partial charge is 0.262 e. The van der Waals surface area contributed by atoms with Crippen LogP contribution in [0, 0.1) is 0 Å². The van der Waals surface area contributed by atoms with Gasteiger partial charge in [0.05, 0.1) is 17.2 Å². The van der Waals surface area contributed by atoms with Gasteiger partial charge < -0.3 is 15.4 Å². The normalized spacial score (nSPS) is 13.3. The van der Waals surface area contributed by atoms with Crippen LogP contribution in [0.15, 0.2) is 48.5 Å². The molecule has 0 atom stereocenters. The first-order chi connectivity index (χ1) is 12.9. The number of benzene rings is 2. The summed E-state index contributed by atoms with van der Waals surface area (Å²) < 4.78 is 29.5. The molecule has 1 aliphatic heterocycles. The Morgan fingerprint density at radius 1 is 1.15 bits per heavy atom. The number of rotatable bonds is 7. The Bertz CT molecular complexity index is 942. The van der Waals surface area contributed by atoms with E-state index >= 15 is 0 Å². The SMILES string of the molecule is O=C1COc2ccc(C(=O)NCCCS(=O)(=O)Cc3ccccc3)cc2N1. The summed E-state index contributed by atoms with van der Waals surface area (Å²) in [6.07, 6.45) is 0.325.